The summed E-state index contributed by atoms with van der Waals surface area (Å²) in [5, 5.41) is 3.28. The lowest BCUT2D eigenvalue weighted by Gasteiger charge is -2.17. The molecule has 0 saturated heterocycles. The van der Waals surface area contributed by atoms with Crippen molar-refractivity contribution in [2.75, 3.05) is 18.4 Å². The largest absolute Gasteiger partial charge is 0.384 e. The molecule has 20 heavy (non-hydrogen) atoms. The number of rotatable bonds is 9. The second-order valence-corrected chi connectivity index (χ2v) is 6.69. The van der Waals surface area contributed by atoms with Gasteiger partial charge in [0.05, 0.1) is 5.69 Å². The molecule has 1 aromatic carbocycles. The van der Waals surface area contributed by atoms with Crippen LogP contribution in [0.3, 0.4) is 0 Å². The summed E-state index contributed by atoms with van der Waals surface area (Å²) in [5.74, 6) is 0.564. The highest BCUT2D eigenvalue weighted by Gasteiger charge is 2.17. The Morgan fingerprint density at radius 2 is 1.75 bits per heavy atom. The summed E-state index contributed by atoms with van der Waals surface area (Å²) in [5.41, 5.74) is 0.683. The Balaban J connectivity index is 2.88. The monoisotopic (exact) mass is 298 g/mol. The third-order valence-corrected chi connectivity index (χ3v) is 4.97. The highest BCUT2D eigenvalue weighted by Crippen LogP contribution is 2.21. The van der Waals surface area contributed by atoms with Crippen LogP contribution in [-0.4, -0.2) is 21.5 Å². The van der Waals surface area contributed by atoms with E-state index in [0.717, 1.165) is 25.8 Å². The van der Waals surface area contributed by atoms with Gasteiger partial charge in [0.25, 0.3) is 0 Å². The molecule has 0 saturated carbocycles. The van der Waals surface area contributed by atoms with Gasteiger partial charge in [-0.25, -0.2) is 13.1 Å². The number of hydrogen-bond donors (Lipinski definition) is 2. The van der Waals surface area contributed by atoms with Gasteiger partial charge < -0.3 is 5.32 Å². The van der Waals surface area contributed by atoms with Crippen LogP contribution in [0.4, 0.5) is 5.69 Å². The summed E-state index contributed by atoms with van der Waals surface area (Å²) < 4.78 is 27.1. The zero-order valence-electron chi connectivity index (χ0n) is 12.6. The maximum atomic E-state index is 12.2. The van der Waals surface area contributed by atoms with E-state index >= 15 is 0 Å². The van der Waals surface area contributed by atoms with Crippen LogP contribution in [0.5, 0.6) is 0 Å². The van der Waals surface area contributed by atoms with Gasteiger partial charge in [-0.15, -0.1) is 0 Å². The minimum atomic E-state index is -3.43. The summed E-state index contributed by atoms with van der Waals surface area (Å²) in [7, 11) is -3.43. The van der Waals surface area contributed by atoms with Gasteiger partial charge in [-0.3, -0.25) is 0 Å². The molecular weight excluding hydrogens is 272 g/mol. The molecule has 0 aromatic heterocycles. The molecule has 0 amide bonds. The third kappa shape index (κ3) is 4.80. The average molecular weight is 298 g/mol. The highest BCUT2D eigenvalue weighted by molar-refractivity contribution is 7.89. The van der Waals surface area contributed by atoms with E-state index in [1.54, 1.807) is 12.1 Å². The van der Waals surface area contributed by atoms with Crippen LogP contribution in [0.25, 0.3) is 0 Å². The number of nitrogens with one attached hydrogen (secondary N) is 2. The molecular formula is C15H26N2O2S. The Kier molecular flexibility index (Phi) is 7.02. The first-order valence-electron chi connectivity index (χ1n) is 7.37. The Hall–Kier alpha value is -1.07. The Bertz CT molecular complexity index is 496. The molecule has 0 aliphatic heterocycles. The minimum absolute atomic E-state index is 0.333. The zero-order valence-corrected chi connectivity index (χ0v) is 13.5. The normalized spacial score (nSPS) is 11.8. The minimum Gasteiger partial charge on any atom is -0.384 e. The van der Waals surface area contributed by atoms with Gasteiger partial charge in [0, 0.05) is 13.1 Å². The third-order valence-electron chi connectivity index (χ3n) is 3.45. The molecule has 1 aromatic rings. The van der Waals surface area contributed by atoms with Gasteiger partial charge >= 0.3 is 0 Å². The number of para-hydroxylation sites is 1. The number of sulfonamides is 1. The van der Waals surface area contributed by atoms with E-state index in [1.807, 2.05) is 19.1 Å². The van der Waals surface area contributed by atoms with E-state index in [4.69, 9.17) is 0 Å². The van der Waals surface area contributed by atoms with Crippen molar-refractivity contribution < 1.29 is 8.42 Å². The summed E-state index contributed by atoms with van der Waals surface area (Å²) in [6, 6.07) is 7.08. The molecule has 4 nitrogen and oxygen atoms in total. The number of benzene rings is 1. The molecule has 5 heteroatoms. The molecule has 0 bridgehead atoms. The van der Waals surface area contributed by atoms with Crippen LogP contribution in [0, 0.1) is 5.92 Å². The van der Waals surface area contributed by atoms with Crippen molar-refractivity contribution in [3.05, 3.63) is 24.3 Å². The second-order valence-electron chi connectivity index (χ2n) is 4.96. The molecule has 0 unspecified atom stereocenters. The maximum absolute atomic E-state index is 12.2. The SMILES string of the molecule is CCCNS(=O)(=O)c1ccccc1NCC(CC)CC. The van der Waals surface area contributed by atoms with Crippen LogP contribution < -0.4 is 10.0 Å². The second kappa shape index (κ2) is 8.27. The Labute approximate surface area is 123 Å². The number of hydrogen-bond acceptors (Lipinski definition) is 3. The van der Waals surface area contributed by atoms with Crippen LogP contribution >= 0.6 is 0 Å². The summed E-state index contributed by atoms with van der Waals surface area (Å²) in [6.45, 7) is 7.51. The zero-order chi connectivity index (χ0) is 15.0. The van der Waals surface area contributed by atoms with E-state index in [1.165, 1.54) is 0 Å². The van der Waals surface area contributed by atoms with Gasteiger partial charge in [0.2, 0.25) is 10.0 Å². The van der Waals surface area contributed by atoms with E-state index in [2.05, 4.69) is 23.9 Å². The van der Waals surface area contributed by atoms with E-state index in [-0.39, 0.29) is 0 Å². The van der Waals surface area contributed by atoms with Crippen LogP contribution in [0.1, 0.15) is 40.0 Å². The van der Waals surface area contributed by atoms with E-state index < -0.39 is 10.0 Å². The standard InChI is InChI=1S/C15H26N2O2S/c1-4-11-17-20(18,19)15-10-8-7-9-14(15)16-12-13(5-2)6-3/h7-10,13,16-17H,4-6,11-12H2,1-3H3. The van der Waals surface area contributed by atoms with Crippen molar-refractivity contribution >= 4 is 15.7 Å². The average Bonchev–Trinajstić information content (AvgIpc) is 2.46. The van der Waals surface area contributed by atoms with Crippen LogP contribution in [-0.2, 0) is 10.0 Å². The lowest BCUT2D eigenvalue weighted by molar-refractivity contribution is 0.518. The predicted molar refractivity (Wildman–Crippen MR) is 84.5 cm³/mol. The molecule has 1 rings (SSSR count). The summed E-state index contributed by atoms with van der Waals surface area (Å²) in [4.78, 5) is 0.333. The van der Waals surface area contributed by atoms with E-state index in [0.29, 0.717) is 23.0 Å². The fourth-order valence-electron chi connectivity index (χ4n) is 1.99. The summed E-state index contributed by atoms with van der Waals surface area (Å²) in [6.07, 6.45) is 2.96. The first-order chi connectivity index (χ1) is 9.55. The number of anilines is 1. The molecule has 0 radical (unpaired) electrons. The Morgan fingerprint density at radius 3 is 2.35 bits per heavy atom. The molecule has 0 fully saturated rings. The first kappa shape index (κ1) is 17.0. The van der Waals surface area contributed by atoms with Gasteiger partial charge in [0.15, 0.2) is 0 Å². The molecule has 0 heterocycles. The lowest BCUT2D eigenvalue weighted by Crippen LogP contribution is -2.25. The lowest BCUT2D eigenvalue weighted by atomic mass is 10.0. The van der Waals surface area contributed by atoms with Crippen molar-refractivity contribution in [2.24, 2.45) is 5.92 Å². The van der Waals surface area contributed by atoms with Crippen molar-refractivity contribution in [2.45, 2.75) is 44.9 Å². The molecule has 0 atom stereocenters. The van der Waals surface area contributed by atoms with E-state index in [9.17, 15) is 8.42 Å². The first-order valence-corrected chi connectivity index (χ1v) is 8.86. The maximum Gasteiger partial charge on any atom is 0.242 e. The Morgan fingerprint density at radius 1 is 1.10 bits per heavy atom. The molecule has 0 spiro atoms. The topological polar surface area (TPSA) is 58.2 Å². The summed E-state index contributed by atoms with van der Waals surface area (Å²) >= 11 is 0. The fraction of sp³-hybridized carbons (Fsp3) is 0.600. The van der Waals surface area contributed by atoms with Crippen molar-refractivity contribution in [1.29, 1.82) is 0 Å². The van der Waals surface area contributed by atoms with Crippen LogP contribution in [0.2, 0.25) is 0 Å². The molecule has 0 aliphatic rings. The smallest absolute Gasteiger partial charge is 0.242 e. The van der Waals surface area contributed by atoms with Crippen LogP contribution in [0.15, 0.2) is 29.2 Å². The molecule has 114 valence electrons. The van der Waals surface area contributed by atoms with Gasteiger partial charge in [-0.05, 0) is 24.5 Å². The fourth-order valence-corrected chi connectivity index (χ4v) is 3.31. The predicted octanol–water partition coefficient (Wildman–Crippen LogP) is 3.22. The molecule has 2 N–H and O–H groups in total. The van der Waals surface area contributed by atoms with Gasteiger partial charge in [-0.2, -0.15) is 0 Å². The van der Waals surface area contributed by atoms with Gasteiger partial charge in [0.1, 0.15) is 4.90 Å². The quantitative estimate of drug-likeness (QED) is 0.736. The molecule has 0 aliphatic carbocycles. The van der Waals surface area contributed by atoms with Crippen molar-refractivity contribution in [1.82, 2.24) is 4.72 Å². The van der Waals surface area contributed by atoms with Crippen molar-refractivity contribution in [3.8, 4) is 0 Å². The highest BCUT2D eigenvalue weighted by atomic mass is 32.2. The van der Waals surface area contributed by atoms with Gasteiger partial charge in [-0.1, -0.05) is 45.7 Å². The van der Waals surface area contributed by atoms with Crippen molar-refractivity contribution in [3.63, 3.8) is 0 Å².